The third-order valence-corrected chi connectivity index (χ3v) is 8.44. The lowest BCUT2D eigenvalue weighted by Gasteiger charge is -2.61. The molecule has 5 atom stereocenters. The Labute approximate surface area is 188 Å². The number of carbonyl (C=O) groups excluding carboxylic acids is 1. The van der Waals surface area contributed by atoms with Gasteiger partial charge in [-0.15, -0.1) is 0 Å². The smallest absolute Gasteiger partial charge is 0.318 e. The molecule has 2 aliphatic carbocycles. The fourth-order valence-corrected chi connectivity index (χ4v) is 6.67. The van der Waals surface area contributed by atoms with E-state index < -0.39 is 17.1 Å². The average molecular weight is 432 g/mol. The fraction of sp³-hybridized carbons (Fsp3) is 0.444. The molecule has 0 amide bonds. The summed E-state index contributed by atoms with van der Waals surface area (Å²) in [4.78, 5) is 15.4. The van der Waals surface area contributed by atoms with E-state index in [0.717, 1.165) is 41.8 Å². The van der Waals surface area contributed by atoms with Crippen LogP contribution in [0.2, 0.25) is 0 Å². The van der Waals surface area contributed by atoms with Crippen LogP contribution >= 0.6 is 0 Å². The molecule has 2 bridgehead atoms. The molecule has 32 heavy (non-hydrogen) atoms. The number of hydrogen-bond acceptors (Lipinski definition) is 5. The van der Waals surface area contributed by atoms with Crippen LogP contribution in [0.25, 0.3) is 0 Å². The highest BCUT2D eigenvalue weighted by molar-refractivity contribution is 5.79. The van der Waals surface area contributed by atoms with Crippen molar-refractivity contribution in [2.45, 2.75) is 62.2 Å². The Morgan fingerprint density at radius 1 is 1.25 bits per heavy atom. The molecule has 5 nitrogen and oxygen atoms in total. The number of rotatable bonds is 3. The monoisotopic (exact) mass is 431 g/mol. The maximum Gasteiger partial charge on any atom is 0.318 e. The normalized spacial score (nSPS) is 33.1. The summed E-state index contributed by atoms with van der Waals surface area (Å²) in [5.41, 5.74) is 2.86. The van der Waals surface area contributed by atoms with Crippen molar-refractivity contribution in [2.24, 2.45) is 0 Å². The highest BCUT2D eigenvalue weighted by atomic mass is 16.6. The second-order valence-corrected chi connectivity index (χ2v) is 9.95. The van der Waals surface area contributed by atoms with Gasteiger partial charge in [-0.05, 0) is 63.0 Å². The van der Waals surface area contributed by atoms with Gasteiger partial charge in [0.05, 0.1) is 16.9 Å². The average Bonchev–Trinajstić information content (AvgIpc) is 3.16. The van der Waals surface area contributed by atoms with Crippen LogP contribution in [-0.4, -0.2) is 47.3 Å². The molecule has 6 rings (SSSR count). The molecule has 0 aromatic heterocycles. The second-order valence-electron chi connectivity index (χ2n) is 9.95. The van der Waals surface area contributed by atoms with Crippen LogP contribution in [0.1, 0.15) is 47.9 Å². The van der Waals surface area contributed by atoms with Crippen LogP contribution in [0, 0.1) is 6.92 Å². The van der Waals surface area contributed by atoms with E-state index in [4.69, 9.17) is 9.47 Å². The van der Waals surface area contributed by atoms with Gasteiger partial charge in [-0.1, -0.05) is 42.5 Å². The Bertz CT molecular complexity index is 1140. The molecule has 1 fully saturated rings. The molecule has 2 aliphatic heterocycles. The van der Waals surface area contributed by atoms with Crippen molar-refractivity contribution in [3.63, 3.8) is 0 Å². The lowest BCUT2D eigenvalue weighted by atomic mass is 9.50. The van der Waals surface area contributed by atoms with Gasteiger partial charge in [-0.2, -0.15) is 0 Å². The van der Waals surface area contributed by atoms with E-state index >= 15 is 0 Å². The summed E-state index contributed by atoms with van der Waals surface area (Å²) in [6.07, 6.45) is 3.45. The van der Waals surface area contributed by atoms with E-state index in [9.17, 15) is 9.90 Å². The van der Waals surface area contributed by atoms with Crippen molar-refractivity contribution in [3.05, 3.63) is 76.6 Å². The maximum atomic E-state index is 13.1. The summed E-state index contributed by atoms with van der Waals surface area (Å²) in [6.45, 7) is 4.80. The first-order valence-corrected chi connectivity index (χ1v) is 11.6. The molecule has 0 saturated carbocycles. The number of esters is 1. The van der Waals surface area contributed by atoms with Gasteiger partial charge in [0.1, 0.15) is 11.5 Å². The van der Waals surface area contributed by atoms with Crippen LogP contribution in [0.4, 0.5) is 0 Å². The maximum absolute atomic E-state index is 13.1. The molecule has 1 saturated heterocycles. The summed E-state index contributed by atoms with van der Waals surface area (Å²) >= 11 is 0. The highest BCUT2D eigenvalue weighted by Crippen LogP contribution is 2.64. The van der Waals surface area contributed by atoms with Crippen molar-refractivity contribution in [3.8, 4) is 5.75 Å². The second kappa shape index (κ2) is 6.69. The number of nitrogens with zero attached hydrogens (tertiary/aromatic N) is 1. The number of likely N-dealkylation sites (N-methyl/N-ethyl adjacent to an activating group) is 1. The van der Waals surface area contributed by atoms with Gasteiger partial charge in [0.25, 0.3) is 0 Å². The molecule has 166 valence electrons. The largest absolute Gasteiger partial charge is 0.481 e. The third kappa shape index (κ3) is 2.38. The summed E-state index contributed by atoms with van der Waals surface area (Å²) in [7, 11) is 2.10. The van der Waals surface area contributed by atoms with Crippen LogP contribution in [0.5, 0.6) is 5.75 Å². The van der Waals surface area contributed by atoms with Crippen molar-refractivity contribution in [2.75, 3.05) is 13.6 Å². The van der Waals surface area contributed by atoms with E-state index in [1.165, 1.54) is 5.56 Å². The molecule has 1 spiro atoms. The standard InChI is InChI=1S/C27H29NO4/c1-16-9-10-19-15-21-27(30)12-11-20(31-25(29)17(2)18-7-5-4-6-8-18)24-26(27,13-14-28(21)3)22(19)23(16)32-24/h4-11,17,21,24,30H,12-15H2,1-3H3/t17-,21+,24-,26-,27+/m0/s1. The quantitative estimate of drug-likeness (QED) is 0.753. The van der Waals surface area contributed by atoms with Crippen LogP contribution < -0.4 is 4.74 Å². The van der Waals surface area contributed by atoms with Crippen molar-refractivity contribution in [1.29, 1.82) is 0 Å². The number of aryl methyl sites for hydroxylation is 1. The zero-order chi connectivity index (χ0) is 22.3. The van der Waals surface area contributed by atoms with E-state index in [-0.39, 0.29) is 17.9 Å². The fourth-order valence-electron chi connectivity index (χ4n) is 6.67. The summed E-state index contributed by atoms with van der Waals surface area (Å²) in [6, 6.07) is 14.0. The van der Waals surface area contributed by atoms with Crippen molar-refractivity contribution >= 4 is 5.97 Å². The first kappa shape index (κ1) is 20.0. The molecular formula is C27H29NO4. The molecule has 0 unspecified atom stereocenters. The first-order valence-electron chi connectivity index (χ1n) is 11.6. The number of likely N-dealkylation sites (tertiary alicyclic amines) is 1. The van der Waals surface area contributed by atoms with Gasteiger partial charge in [0.2, 0.25) is 0 Å². The van der Waals surface area contributed by atoms with E-state index in [1.807, 2.05) is 43.3 Å². The summed E-state index contributed by atoms with van der Waals surface area (Å²) < 4.78 is 12.6. The number of benzene rings is 2. The van der Waals surface area contributed by atoms with Crippen LogP contribution in [0.15, 0.2) is 54.3 Å². The predicted octanol–water partition coefficient (Wildman–Crippen LogP) is 3.62. The van der Waals surface area contributed by atoms with Gasteiger partial charge in [-0.25, -0.2) is 0 Å². The molecule has 5 heteroatoms. The molecule has 2 heterocycles. The van der Waals surface area contributed by atoms with Gasteiger partial charge < -0.3 is 19.5 Å². The molecule has 1 N–H and O–H groups in total. The first-order chi connectivity index (χ1) is 15.4. The number of carbonyl (C=O) groups is 1. The van der Waals surface area contributed by atoms with Gasteiger partial charge in [-0.3, -0.25) is 4.79 Å². The number of aliphatic hydroxyl groups is 1. The van der Waals surface area contributed by atoms with Crippen molar-refractivity contribution < 1.29 is 19.4 Å². The molecule has 2 aromatic carbocycles. The van der Waals surface area contributed by atoms with E-state index in [1.54, 1.807) is 0 Å². The minimum absolute atomic E-state index is 0.0141. The Balaban J connectivity index is 1.43. The summed E-state index contributed by atoms with van der Waals surface area (Å²) in [5.74, 6) is 0.747. The molecular weight excluding hydrogens is 402 g/mol. The Hall–Kier alpha value is -2.63. The third-order valence-electron chi connectivity index (χ3n) is 8.44. The zero-order valence-electron chi connectivity index (χ0n) is 18.8. The molecule has 2 aromatic rings. The van der Waals surface area contributed by atoms with Crippen molar-refractivity contribution in [1.82, 2.24) is 4.90 Å². The van der Waals surface area contributed by atoms with Gasteiger partial charge in [0.15, 0.2) is 6.10 Å². The number of hydrogen-bond donors (Lipinski definition) is 1. The predicted molar refractivity (Wildman–Crippen MR) is 121 cm³/mol. The van der Waals surface area contributed by atoms with Gasteiger partial charge in [0, 0.05) is 18.0 Å². The topological polar surface area (TPSA) is 59.0 Å². The highest BCUT2D eigenvalue weighted by Gasteiger charge is 2.71. The SMILES string of the molecule is Cc1ccc2c3c1O[C@H]1C(OC(=O)[C@@H](C)c4ccccc4)=CC[C@@]4(O)[C@@H](C2)N(C)CC[C@]314. The van der Waals surface area contributed by atoms with Crippen LogP contribution in [0.3, 0.4) is 0 Å². The Morgan fingerprint density at radius 2 is 2.03 bits per heavy atom. The summed E-state index contributed by atoms with van der Waals surface area (Å²) in [5, 5.41) is 12.2. The lowest BCUT2D eigenvalue weighted by molar-refractivity contribution is -0.169. The molecule has 0 radical (unpaired) electrons. The Morgan fingerprint density at radius 3 is 2.81 bits per heavy atom. The number of ether oxygens (including phenoxy) is 2. The number of piperidine rings is 1. The zero-order valence-corrected chi connectivity index (χ0v) is 18.8. The lowest BCUT2D eigenvalue weighted by Crippen LogP contribution is -2.74. The van der Waals surface area contributed by atoms with Gasteiger partial charge >= 0.3 is 5.97 Å². The Kier molecular flexibility index (Phi) is 4.18. The minimum Gasteiger partial charge on any atom is -0.481 e. The van der Waals surface area contributed by atoms with Crippen LogP contribution in [-0.2, 0) is 21.4 Å². The minimum atomic E-state index is -0.947. The van der Waals surface area contributed by atoms with E-state index in [0.29, 0.717) is 12.2 Å². The van der Waals surface area contributed by atoms with E-state index in [2.05, 4.69) is 31.0 Å². The molecule has 4 aliphatic rings.